The normalized spacial score (nSPS) is 29.6. The fourth-order valence-corrected chi connectivity index (χ4v) is 2.46. The summed E-state index contributed by atoms with van der Waals surface area (Å²) in [6, 6.07) is 0.298. The van der Waals surface area contributed by atoms with E-state index in [2.05, 4.69) is 22.5 Å². The first-order valence-corrected chi connectivity index (χ1v) is 6.42. The molecule has 0 aromatic heterocycles. The van der Waals surface area contributed by atoms with E-state index in [1.54, 1.807) is 0 Å². The molecule has 1 aliphatic heterocycles. The highest BCUT2D eigenvalue weighted by atomic mass is 16.3. The Kier molecular flexibility index (Phi) is 3.89. The molecule has 96 valence electrons. The molecule has 2 aliphatic rings. The SMILES string of the molecule is CCC1=C(N)C(NC2CCCC(O)C2)=NCN1. The third-order valence-corrected chi connectivity index (χ3v) is 3.45. The van der Waals surface area contributed by atoms with Crippen LogP contribution in [-0.4, -0.2) is 29.8 Å². The van der Waals surface area contributed by atoms with Crippen LogP contribution in [0.2, 0.25) is 0 Å². The zero-order valence-electron chi connectivity index (χ0n) is 10.4. The average molecular weight is 238 g/mol. The van der Waals surface area contributed by atoms with E-state index in [1.807, 2.05) is 0 Å². The monoisotopic (exact) mass is 238 g/mol. The zero-order chi connectivity index (χ0) is 12.3. The molecule has 2 rings (SSSR count). The van der Waals surface area contributed by atoms with Gasteiger partial charge in [-0.2, -0.15) is 0 Å². The number of nitrogens with zero attached hydrogens (tertiary/aromatic N) is 1. The molecule has 1 fully saturated rings. The lowest BCUT2D eigenvalue weighted by atomic mass is 9.93. The van der Waals surface area contributed by atoms with Crippen molar-refractivity contribution in [3.8, 4) is 0 Å². The zero-order valence-corrected chi connectivity index (χ0v) is 10.4. The van der Waals surface area contributed by atoms with Gasteiger partial charge in [-0.3, -0.25) is 0 Å². The van der Waals surface area contributed by atoms with Gasteiger partial charge in [0.25, 0.3) is 0 Å². The van der Waals surface area contributed by atoms with Crippen LogP contribution in [0.4, 0.5) is 0 Å². The second-order valence-corrected chi connectivity index (χ2v) is 4.75. The molecule has 0 bridgehead atoms. The number of aliphatic hydroxyl groups excluding tert-OH is 1. The van der Waals surface area contributed by atoms with E-state index in [0.717, 1.165) is 49.3 Å². The van der Waals surface area contributed by atoms with Crippen LogP contribution in [0.15, 0.2) is 16.4 Å². The number of hydrogen-bond donors (Lipinski definition) is 4. The Balaban J connectivity index is 1.98. The number of aliphatic imine (C=N–C) groups is 1. The summed E-state index contributed by atoms with van der Waals surface area (Å²) < 4.78 is 0. The summed E-state index contributed by atoms with van der Waals surface area (Å²) in [5.74, 6) is 0.791. The van der Waals surface area contributed by atoms with Gasteiger partial charge in [0.15, 0.2) is 0 Å². The Morgan fingerprint density at radius 2 is 2.35 bits per heavy atom. The number of nitrogens with two attached hydrogens (primary N) is 1. The summed E-state index contributed by atoms with van der Waals surface area (Å²) in [6.45, 7) is 2.66. The third kappa shape index (κ3) is 2.91. The molecule has 0 aromatic carbocycles. The van der Waals surface area contributed by atoms with Crippen molar-refractivity contribution in [3.63, 3.8) is 0 Å². The first-order valence-electron chi connectivity index (χ1n) is 6.42. The van der Waals surface area contributed by atoms with Crippen molar-refractivity contribution in [2.75, 3.05) is 6.67 Å². The second-order valence-electron chi connectivity index (χ2n) is 4.75. The molecule has 0 radical (unpaired) electrons. The van der Waals surface area contributed by atoms with Crippen LogP contribution in [0.1, 0.15) is 39.0 Å². The maximum Gasteiger partial charge on any atom is 0.148 e. The predicted octanol–water partition coefficient (Wildman–Crippen LogP) is 0.419. The van der Waals surface area contributed by atoms with Crippen LogP contribution in [0.5, 0.6) is 0 Å². The van der Waals surface area contributed by atoms with Crippen molar-refractivity contribution in [2.24, 2.45) is 10.7 Å². The van der Waals surface area contributed by atoms with Crippen LogP contribution < -0.4 is 16.4 Å². The van der Waals surface area contributed by atoms with Gasteiger partial charge in [0.2, 0.25) is 0 Å². The maximum atomic E-state index is 9.64. The van der Waals surface area contributed by atoms with Crippen molar-refractivity contribution >= 4 is 5.84 Å². The van der Waals surface area contributed by atoms with Crippen LogP contribution in [0, 0.1) is 0 Å². The van der Waals surface area contributed by atoms with E-state index in [1.165, 1.54) is 0 Å². The number of allylic oxidation sites excluding steroid dienone is 1. The lowest BCUT2D eigenvalue weighted by Gasteiger charge is -2.29. The van der Waals surface area contributed by atoms with Crippen LogP contribution in [-0.2, 0) is 0 Å². The van der Waals surface area contributed by atoms with E-state index in [-0.39, 0.29) is 6.10 Å². The highest BCUT2D eigenvalue weighted by Gasteiger charge is 2.23. The number of amidine groups is 1. The Labute approximate surface area is 102 Å². The van der Waals surface area contributed by atoms with Gasteiger partial charge in [-0.05, 0) is 32.1 Å². The molecule has 5 heteroatoms. The summed E-state index contributed by atoms with van der Waals surface area (Å²) in [5, 5.41) is 16.2. The lowest BCUT2D eigenvalue weighted by molar-refractivity contribution is 0.116. The van der Waals surface area contributed by atoms with Gasteiger partial charge in [-0.15, -0.1) is 0 Å². The average Bonchev–Trinajstić information content (AvgIpc) is 2.32. The fourth-order valence-electron chi connectivity index (χ4n) is 2.46. The first kappa shape index (κ1) is 12.2. The number of aliphatic hydroxyl groups is 1. The van der Waals surface area contributed by atoms with Gasteiger partial charge >= 0.3 is 0 Å². The Morgan fingerprint density at radius 3 is 3.06 bits per heavy atom. The van der Waals surface area contributed by atoms with Gasteiger partial charge in [0.1, 0.15) is 12.5 Å². The molecule has 0 spiro atoms. The molecular formula is C12H22N4O. The van der Waals surface area contributed by atoms with Crippen molar-refractivity contribution in [2.45, 2.75) is 51.2 Å². The molecule has 2 atom stereocenters. The molecule has 5 nitrogen and oxygen atoms in total. The summed E-state index contributed by atoms with van der Waals surface area (Å²) in [4.78, 5) is 4.36. The molecule has 0 saturated heterocycles. The molecule has 1 heterocycles. The number of nitrogens with one attached hydrogen (secondary N) is 2. The van der Waals surface area contributed by atoms with E-state index < -0.39 is 0 Å². The van der Waals surface area contributed by atoms with Crippen LogP contribution in [0.25, 0.3) is 0 Å². The van der Waals surface area contributed by atoms with Gasteiger partial charge in [0.05, 0.1) is 11.8 Å². The van der Waals surface area contributed by atoms with Crippen LogP contribution in [0.3, 0.4) is 0 Å². The van der Waals surface area contributed by atoms with Crippen molar-refractivity contribution in [1.82, 2.24) is 10.6 Å². The van der Waals surface area contributed by atoms with Crippen molar-refractivity contribution in [1.29, 1.82) is 0 Å². The van der Waals surface area contributed by atoms with Gasteiger partial charge in [0, 0.05) is 11.7 Å². The van der Waals surface area contributed by atoms with Crippen molar-refractivity contribution in [3.05, 3.63) is 11.4 Å². The van der Waals surface area contributed by atoms with Gasteiger partial charge in [-0.25, -0.2) is 4.99 Å². The summed E-state index contributed by atoms with van der Waals surface area (Å²) in [6.07, 6.45) is 4.56. The third-order valence-electron chi connectivity index (χ3n) is 3.45. The topological polar surface area (TPSA) is 82.7 Å². The Morgan fingerprint density at radius 1 is 1.53 bits per heavy atom. The fraction of sp³-hybridized carbons (Fsp3) is 0.750. The molecular weight excluding hydrogens is 216 g/mol. The molecule has 17 heavy (non-hydrogen) atoms. The quantitative estimate of drug-likeness (QED) is 0.562. The van der Waals surface area contributed by atoms with E-state index in [9.17, 15) is 5.11 Å². The number of hydrogen-bond acceptors (Lipinski definition) is 5. The Hall–Kier alpha value is -1.23. The van der Waals surface area contributed by atoms with Crippen LogP contribution >= 0.6 is 0 Å². The molecule has 1 aliphatic carbocycles. The van der Waals surface area contributed by atoms with Gasteiger partial charge in [-0.1, -0.05) is 6.92 Å². The maximum absolute atomic E-state index is 9.64. The van der Waals surface area contributed by atoms with Crippen molar-refractivity contribution < 1.29 is 5.11 Å². The molecule has 2 unspecified atom stereocenters. The summed E-state index contributed by atoms with van der Waals surface area (Å²) in [7, 11) is 0. The number of rotatable bonds is 2. The minimum atomic E-state index is -0.181. The Bertz CT molecular complexity index is 337. The highest BCUT2D eigenvalue weighted by molar-refractivity contribution is 5.98. The minimum absolute atomic E-state index is 0.181. The highest BCUT2D eigenvalue weighted by Crippen LogP contribution is 2.19. The molecule has 5 N–H and O–H groups in total. The molecule has 1 saturated carbocycles. The summed E-state index contributed by atoms with van der Waals surface area (Å²) >= 11 is 0. The summed E-state index contributed by atoms with van der Waals surface area (Å²) in [5.41, 5.74) is 7.82. The van der Waals surface area contributed by atoms with Gasteiger partial charge < -0.3 is 21.5 Å². The second kappa shape index (κ2) is 5.40. The van der Waals surface area contributed by atoms with E-state index in [0.29, 0.717) is 12.7 Å². The lowest BCUT2D eigenvalue weighted by Crippen LogP contribution is -2.44. The molecule has 0 aromatic rings. The van der Waals surface area contributed by atoms with E-state index in [4.69, 9.17) is 5.73 Å². The standard InChI is InChI=1S/C12H22N4O/c1-2-10-11(13)12(15-7-14-10)16-8-4-3-5-9(17)6-8/h8-9,14,17H,2-7,13H2,1H3,(H,15,16). The van der Waals surface area contributed by atoms with E-state index >= 15 is 0 Å². The predicted molar refractivity (Wildman–Crippen MR) is 68.3 cm³/mol. The molecule has 0 amide bonds. The minimum Gasteiger partial charge on any atom is -0.394 e. The smallest absolute Gasteiger partial charge is 0.148 e. The largest absolute Gasteiger partial charge is 0.394 e. The first-order chi connectivity index (χ1) is 8.20.